The van der Waals surface area contributed by atoms with Gasteiger partial charge in [0, 0.05) is 13.2 Å². The normalized spacial score (nSPS) is 34.9. The van der Waals surface area contributed by atoms with E-state index in [1.807, 2.05) is 0 Å². The summed E-state index contributed by atoms with van der Waals surface area (Å²) in [4.78, 5) is 0. The molecule has 0 amide bonds. The first-order chi connectivity index (χ1) is 14.6. The van der Waals surface area contributed by atoms with Crippen molar-refractivity contribution in [2.45, 2.75) is 90.6 Å². The Hall–Kier alpha value is -1.06. The largest absolute Gasteiger partial charge is 0.494 e. The molecule has 1 N–H and O–H groups in total. The fraction of sp³-hybridized carbons (Fsp3) is 0.778. The molecule has 0 radical (unpaired) electrons. The molecule has 0 saturated heterocycles. The van der Waals surface area contributed by atoms with Gasteiger partial charge in [-0.2, -0.15) is 0 Å². The maximum atomic E-state index is 10.4. The average molecular weight is 415 g/mol. The van der Waals surface area contributed by atoms with Gasteiger partial charge in [0.25, 0.3) is 0 Å². The fourth-order valence-corrected chi connectivity index (χ4v) is 7.06. The van der Waals surface area contributed by atoms with Crippen LogP contribution in [-0.2, 0) is 11.2 Å². The molecular formula is C27H42O3. The van der Waals surface area contributed by atoms with Crippen LogP contribution in [0.3, 0.4) is 0 Å². The molecule has 2 saturated carbocycles. The highest BCUT2D eigenvalue weighted by atomic mass is 16.5. The minimum atomic E-state index is 0.225. The lowest BCUT2D eigenvalue weighted by Gasteiger charge is -2.54. The van der Waals surface area contributed by atoms with E-state index in [4.69, 9.17) is 9.47 Å². The number of unbranched alkanes of at least 4 members (excludes halogenated alkanes) is 2. The molecule has 0 aromatic heterocycles. The van der Waals surface area contributed by atoms with Crippen LogP contribution < -0.4 is 4.74 Å². The van der Waals surface area contributed by atoms with Crippen LogP contribution in [0.4, 0.5) is 0 Å². The lowest BCUT2D eigenvalue weighted by Crippen LogP contribution is -2.49. The highest BCUT2D eigenvalue weighted by molar-refractivity contribution is 5.41. The van der Waals surface area contributed by atoms with Gasteiger partial charge in [0.15, 0.2) is 0 Å². The Morgan fingerprint density at radius 2 is 1.87 bits per heavy atom. The molecule has 2 fully saturated rings. The Morgan fingerprint density at radius 1 is 1.07 bits per heavy atom. The molecule has 3 heteroatoms. The van der Waals surface area contributed by atoms with Crippen LogP contribution in [0.25, 0.3) is 0 Å². The van der Waals surface area contributed by atoms with Gasteiger partial charge < -0.3 is 14.6 Å². The lowest BCUT2D eigenvalue weighted by molar-refractivity contribution is -0.0878. The predicted molar refractivity (Wildman–Crippen MR) is 122 cm³/mol. The van der Waals surface area contributed by atoms with Crippen molar-refractivity contribution < 1.29 is 14.6 Å². The van der Waals surface area contributed by atoms with Crippen molar-refractivity contribution in [2.75, 3.05) is 19.8 Å². The second-order valence-electron chi connectivity index (χ2n) is 10.3. The maximum absolute atomic E-state index is 10.4. The third kappa shape index (κ3) is 4.05. The zero-order valence-electron chi connectivity index (χ0n) is 19.4. The first kappa shape index (κ1) is 22.1. The van der Waals surface area contributed by atoms with Gasteiger partial charge in [0.1, 0.15) is 5.75 Å². The van der Waals surface area contributed by atoms with E-state index < -0.39 is 0 Å². The number of fused-ring (bicyclic) bond motifs is 5. The smallest absolute Gasteiger partial charge is 0.119 e. The van der Waals surface area contributed by atoms with Gasteiger partial charge in [-0.1, -0.05) is 39.7 Å². The number of aliphatic hydroxyl groups is 1. The van der Waals surface area contributed by atoms with Crippen molar-refractivity contribution in [3.63, 3.8) is 0 Å². The van der Waals surface area contributed by atoms with E-state index in [-0.39, 0.29) is 5.41 Å². The molecular weight excluding hydrogens is 372 g/mol. The van der Waals surface area contributed by atoms with E-state index in [9.17, 15) is 5.11 Å². The van der Waals surface area contributed by atoms with E-state index in [2.05, 4.69) is 39.0 Å². The SMILES string of the molecule is CCCCOc1ccc2c(c1)CCC1C2[C@@H](CO)CC2(C)C(OCCCC)CCC12. The number of ether oxygens (including phenoxy) is 2. The number of hydrogen-bond acceptors (Lipinski definition) is 3. The summed E-state index contributed by atoms with van der Waals surface area (Å²) in [5.74, 6) is 3.27. The lowest BCUT2D eigenvalue weighted by atomic mass is 9.52. The molecule has 30 heavy (non-hydrogen) atoms. The van der Waals surface area contributed by atoms with Crippen molar-refractivity contribution in [3.05, 3.63) is 29.3 Å². The third-order valence-electron chi connectivity index (χ3n) is 8.55. The average Bonchev–Trinajstić information content (AvgIpc) is 3.09. The zero-order valence-corrected chi connectivity index (χ0v) is 19.4. The van der Waals surface area contributed by atoms with Crippen LogP contribution in [0, 0.1) is 23.2 Å². The first-order valence-corrected chi connectivity index (χ1v) is 12.6. The van der Waals surface area contributed by atoms with E-state index in [0.29, 0.717) is 30.5 Å². The van der Waals surface area contributed by atoms with Crippen molar-refractivity contribution in [2.24, 2.45) is 23.2 Å². The fourth-order valence-electron chi connectivity index (χ4n) is 7.06. The van der Waals surface area contributed by atoms with E-state index in [0.717, 1.165) is 57.0 Å². The summed E-state index contributed by atoms with van der Waals surface area (Å²) in [6.45, 7) is 8.89. The van der Waals surface area contributed by atoms with Crippen LogP contribution in [0.1, 0.15) is 89.2 Å². The molecule has 1 aromatic rings. The van der Waals surface area contributed by atoms with Crippen LogP contribution in [0.5, 0.6) is 5.75 Å². The van der Waals surface area contributed by atoms with Gasteiger partial charge in [-0.05, 0) is 97.3 Å². The molecule has 5 unspecified atom stereocenters. The molecule has 0 spiro atoms. The number of rotatable bonds is 9. The van der Waals surface area contributed by atoms with Gasteiger partial charge >= 0.3 is 0 Å². The molecule has 4 rings (SSSR count). The predicted octanol–water partition coefficient (Wildman–Crippen LogP) is 6.13. The molecule has 3 aliphatic rings. The Balaban J connectivity index is 1.55. The third-order valence-corrected chi connectivity index (χ3v) is 8.55. The summed E-state index contributed by atoms with van der Waals surface area (Å²) in [7, 11) is 0. The van der Waals surface area contributed by atoms with Crippen molar-refractivity contribution >= 4 is 0 Å². The minimum absolute atomic E-state index is 0.225. The summed E-state index contributed by atoms with van der Waals surface area (Å²) in [5, 5.41) is 10.4. The number of aliphatic hydroxyl groups excluding tert-OH is 1. The quantitative estimate of drug-likeness (QED) is 0.494. The number of hydrogen-bond donors (Lipinski definition) is 1. The monoisotopic (exact) mass is 414 g/mol. The molecule has 1 aromatic carbocycles. The van der Waals surface area contributed by atoms with Crippen LogP contribution in [-0.4, -0.2) is 31.0 Å². The standard InChI is InChI=1S/C27H42O3/c1-4-6-14-29-21-9-11-22-19(16-21)8-10-23-24-12-13-25(30-15-7-5-2)27(24,3)17-20(18-28)26(22)23/h9,11,16,20,23-26,28H,4-8,10,12-15,17-18H2,1-3H3/t20-,23?,24?,25?,26?,27?/m1/s1. The van der Waals surface area contributed by atoms with Gasteiger partial charge in [-0.25, -0.2) is 0 Å². The van der Waals surface area contributed by atoms with Crippen molar-refractivity contribution in [1.29, 1.82) is 0 Å². The van der Waals surface area contributed by atoms with Crippen LogP contribution in [0.15, 0.2) is 18.2 Å². The minimum Gasteiger partial charge on any atom is -0.494 e. The van der Waals surface area contributed by atoms with Gasteiger partial charge in [0.2, 0.25) is 0 Å². The van der Waals surface area contributed by atoms with Gasteiger partial charge in [-0.15, -0.1) is 0 Å². The number of benzene rings is 1. The van der Waals surface area contributed by atoms with E-state index in [1.54, 1.807) is 0 Å². The molecule has 6 atom stereocenters. The van der Waals surface area contributed by atoms with Crippen LogP contribution >= 0.6 is 0 Å². The van der Waals surface area contributed by atoms with Crippen molar-refractivity contribution in [1.82, 2.24) is 0 Å². The highest BCUT2D eigenvalue weighted by Crippen LogP contribution is 2.63. The van der Waals surface area contributed by atoms with Crippen molar-refractivity contribution in [3.8, 4) is 5.75 Å². The van der Waals surface area contributed by atoms with E-state index in [1.165, 1.54) is 36.8 Å². The van der Waals surface area contributed by atoms with Crippen LogP contribution in [0.2, 0.25) is 0 Å². The highest BCUT2D eigenvalue weighted by Gasteiger charge is 2.58. The summed E-state index contributed by atoms with van der Waals surface area (Å²) in [5.41, 5.74) is 3.18. The Morgan fingerprint density at radius 3 is 2.63 bits per heavy atom. The summed E-state index contributed by atoms with van der Waals surface area (Å²) in [6.07, 6.45) is 11.0. The summed E-state index contributed by atoms with van der Waals surface area (Å²) < 4.78 is 12.4. The second-order valence-corrected chi connectivity index (χ2v) is 10.3. The first-order valence-electron chi connectivity index (χ1n) is 12.6. The molecule has 0 aliphatic heterocycles. The Labute approximate surface area is 183 Å². The second kappa shape index (κ2) is 9.61. The summed E-state index contributed by atoms with van der Waals surface area (Å²) >= 11 is 0. The molecule has 3 nitrogen and oxygen atoms in total. The topological polar surface area (TPSA) is 38.7 Å². The van der Waals surface area contributed by atoms with Gasteiger partial charge in [-0.3, -0.25) is 0 Å². The summed E-state index contributed by atoms with van der Waals surface area (Å²) in [6, 6.07) is 6.78. The Kier molecular flexibility index (Phi) is 7.09. The van der Waals surface area contributed by atoms with E-state index >= 15 is 0 Å². The molecule has 0 heterocycles. The molecule has 0 bridgehead atoms. The van der Waals surface area contributed by atoms with Gasteiger partial charge in [0.05, 0.1) is 12.7 Å². The molecule has 3 aliphatic carbocycles. The zero-order chi connectivity index (χ0) is 21.1. The molecule has 168 valence electrons. The number of aryl methyl sites for hydroxylation is 1. The maximum Gasteiger partial charge on any atom is 0.119 e. The Bertz CT molecular complexity index is 701.